The van der Waals surface area contributed by atoms with E-state index >= 15 is 0 Å². The number of benzene rings is 2. The number of cyclic esters (lactones) is 1. The molecular formula is C18H18FNO2S. The van der Waals surface area contributed by atoms with Gasteiger partial charge in [0.05, 0.1) is 0 Å². The predicted molar refractivity (Wildman–Crippen MR) is 89.2 cm³/mol. The minimum atomic E-state index is -0.631. The number of thioether (sulfide) groups is 1. The summed E-state index contributed by atoms with van der Waals surface area (Å²) in [6.45, 7) is -0.277. The average molecular weight is 331 g/mol. The highest BCUT2D eigenvalue weighted by molar-refractivity contribution is 7.98. The van der Waals surface area contributed by atoms with E-state index in [9.17, 15) is 9.18 Å². The molecule has 0 aromatic heterocycles. The van der Waals surface area contributed by atoms with Crippen LogP contribution in [0.15, 0.2) is 59.5 Å². The first-order valence-electron chi connectivity index (χ1n) is 7.44. The monoisotopic (exact) mass is 331 g/mol. The maximum Gasteiger partial charge on any atom is 0.411 e. The highest BCUT2D eigenvalue weighted by atomic mass is 32.2. The summed E-state index contributed by atoms with van der Waals surface area (Å²) in [6.07, 6.45) is 0.971. The first-order chi connectivity index (χ1) is 11.2. The number of halogens is 1. The van der Waals surface area contributed by atoms with Crippen LogP contribution in [0.1, 0.15) is 17.2 Å². The van der Waals surface area contributed by atoms with Crippen molar-refractivity contribution < 1.29 is 13.9 Å². The zero-order valence-corrected chi connectivity index (χ0v) is 13.6. The molecular weight excluding hydrogens is 313 g/mol. The van der Waals surface area contributed by atoms with Gasteiger partial charge in [0, 0.05) is 11.4 Å². The third-order valence-corrected chi connectivity index (χ3v) is 4.75. The second-order valence-corrected chi connectivity index (χ2v) is 6.29. The standard InChI is InChI=1S/C18H18FNO2S/c1-23-15-9-7-14(8-10-15)17-16(11-19)20(18(21)22-17)12-13-5-3-2-4-6-13/h2-10,16-17H,11-12H2,1H3/t16-,17-/m1/s1. The zero-order valence-electron chi connectivity index (χ0n) is 12.8. The van der Waals surface area contributed by atoms with Crippen molar-refractivity contribution >= 4 is 17.9 Å². The van der Waals surface area contributed by atoms with Crippen LogP contribution in [-0.4, -0.2) is 30.0 Å². The molecule has 1 fully saturated rings. The first kappa shape index (κ1) is 15.9. The highest BCUT2D eigenvalue weighted by Gasteiger charge is 2.42. The Morgan fingerprint density at radius 3 is 2.43 bits per heavy atom. The van der Waals surface area contributed by atoms with Crippen LogP contribution in [0.4, 0.5) is 9.18 Å². The van der Waals surface area contributed by atoms with E-state index in [1.807, 2.05) is 60.9 Å². The van der Waals surface area contributed by atoms with Crippen LogP contribution in [-0.2, 0) is 11.3 Å². The Balaban J connectivity index is 1.81. The van der Waals surface area contributed by atoms with Crippen LogP contribution in [0.25, 0.3) is 0 Å². The van der Waals surface area contributed by atoms with Crippen molar-refractivity contribution in [2.45, 2.75) is 23.6 Å². The summed E-state index contributed by atoms with van der Waals surface area (Å²) in [4.78, 5) is 14.8. The fraction of sp³-hybridized carbons (Fsp3) is 0.278. The molecule has 0 bridgehead atoms. The SMILES string of the molecule is CSc1ccc([C@H]2OC(=O)N(Cc3ccccc3)[C@@H]2CF)cc1. The Kier molecular flexibility index (Phi) is 4.86. The lowest BCUT2D eigenvalue weighted by Crippen LogP contribution is -2.35. The molecule has 0 unspecified atom stereocenters. The van der Waals surface area contributed by atoms with Gasteiger partial charge in [0.15, 0.2) is 6.10 Å². The van der Waals surface area contributed by atoms with Crippen LogP contribution < -0.4 is 0 Å². The van der Waals surface area contributed by atoms with E-state index in [-0.39, 0.29) is 0 Å². The lowest BCUT2D eigenvalue weighted by molar-refractivity contribution is 0.127. The van der Waals surface area contributed by atoms with E-state index in [2.05, 4.69) is 0 Å². The molecule has 2 atom stereocenters. The number of amides is 1. The number of carbonyl (C=O) groups excluding carboxylic acids is 1. The second-order valence-electron chi connectivity index (χ2n) is 5.41. The third kappa shape index (κ3) is 3.34. The van der Waals surface area contributed by atoms with E-state index in [0.717, 1.165) is 16.0 Å². The van der Waals surface area contributed by atoms with Crippen molar-refractivity contribution in [1.29, 1.82) is 0 Å². The maximum atomic E-state index is 13.6. The molecule has 2 aromatic carbocycles. The molecule has 1 amide bonds. The first-order valence-corrected chi connectivity index (χ1v) is 8.66. The Morgan fingerprint density at radius 1 is 1.13 bits per heavy atom. The summed E-state index contributed by atoms with van der Waals surface area (Å²) in [5, 5.41) is 0. The second kappa shape index (κ2) is 7.04. The van der Waals surface area contributed by atoms with Crippen molar-refractivity contribution in [2.75, 3.05) is 12.9 Å². The summed E-state index contributed by atoms with van der Waals surface area (Å²) in [6, 6.07) is 16.7. The van der Waals surface area contributed by atoms with Gasteiger partial charge in [0.2, 0.25) is 0 Å². The largest absolute Gasteiger partial charge is 0.439 e. The molecule has 120 valence electrons. The number of nitrogens with zero attached hydrogens (tertiary/aromatic N) is 1. The summed E-state index contributed by atoms with van der Waals surface area (Å²) in [5.74, 6) is 0. The molecule has 0 radical (unpaired) electrons. The van der Waals surface area contributed by atoms with E-state index in [1.54, 1.807) is 11.8 Å². The van der Waals surface area contributed by atoms with Gasteiger partial charge in [0.25, 0.3) is 0 Å². The Hall–Kier alpha value is -2.01. The highest BCUT2D eigenvalue weighted by Crippen LogP contribution is 2.34. The Morgan fingerprint density at radius 2 is 1.83 bits per heavy atom. The molecule has 0 N–H and O–H groups in total. The fourth-order valence-corrected chi connectivity index (χ4v) is 3.17. The quantitative estimate of drug-likeness (QED) is 0.759. The van der Waals surface area contributed by atoms with Gasteiger partial charge >= 0.3 is 6.09 Å². The van der Waals surface area contributed by atoms with Crippen molar-refractivity contribution in [1.82, 2.24) is 4.90 Å². The van der Waals surface area contributed by atoms with Gasteiger partial charge in [0.1, 0.15) is 12.7 Å². The number of hydrogen-bond donors (Lipinski definition) is 0. The lowest BCUT2D eigenvalue weighted by atomic mass is 10.0. The molecule has 1 aliphatic heterocycles. The molecule has 1 saturated heterocycles. The number of ether oxygens (including phenoxy) is 1. The minimum absolute atomic E-state index is 0.355. The molecule has 1 heterocycles. The normalized spacial score (nSPS) is 20.6. The van der Waals surface area contributed by atoms with E-state index in [4.69, 9.17) is 4.74 Å². The summed E-state index contributed by atoms with van der Waals surface area (Å²) in [5.41, 5.74) is 1.79. The van der Waals surface area contributed by atoms with Gasteiger partial charge in [-0.2, -0.15) is 0 Å². The molecule has 23 heavy (non-hydrogen) atoms. The number of rotatable bonds is 5. The fourth-order valence-electron chi connectivity index (χ4n) is 2.76. The molecule has 2 aromatic rings. The molecule has 0 saturated carbocycles. The minimum Gasteiger partial charge on any atom is -0.439 e. The molecule has 0 spiro atoms. The molecule has 0 aliphatic carbocycles. The van der Waals surface area contributed by atoms with Gasteiger partial charge in [-0.15, -0.1) is 11.8 Å². The van der Waals surface area contributed by atoms with Crippen molar-refractivity contribution in [3.8, 4) is 0 Å². The Labute approximate surface area is 139 Å². The van der Waals surface area contributed by atoms with Gasteiger partial charge in [-0.05, 0) is 29.5 Å². The molecule has 3 nitrogen and oxygen atoms in total. The number of alkyl halides is 1. The van der Waals surface area contributed by atoms with Crippen LogP contribution in [0.2, 0.25) is 0 Å². The van der Waals surface area contributed by atoms with Crippen LogP contribution in [0.3, 0.4) is 0 Å². The van der Waals surface area contributed by atoms with Crippen molar-refractivity contribution in [2.24, 2.45) is 0 Å². The molecule has 3 rings (SSSR count). The van der Waals surface area contributed by atoms with E-state index in [1.165, 1.54) is 4.90 Å². The van der Waals surface area contributed by atoms with Gasteiger partial charge in [-0.1, -0.05) is 42.5 Å². The van der Waals surface area contributed by atoms with Gasteiger partial charge in [-0.3, -0.25) is 4.90 Å². The van der Waals surface area contributed by atoms with Gasteiger partial charge < -0.3 is 4.74 Å². The molecule has 5 heteroatoms. The lowest BCUT2D eigenvalue weighted by Gasteiger charge is -2.22. The van der Waals surface area contributed by atoms with E-state index in [0.29, 0.717) is 6.54 Å². The summed E-state index contributed by atoms with van der Waals surface area (Å²) >= 11 is 1.64. The molecule has 1 aliphatic rings. The van der Waals surface area contributed by atoms with Crippen LogP contribution in [0.5, 0.6) is 0 Å². The summed E-state index contributed by atoms with van der Waals surface area (Å²) in [7, 11) is 0. The topological polar surface area (TPSA) is 29.5 Å². The van der Waals surface area contributed by atoms with Crippen LogP contribution >= 0.6 is 11.8 Å². The van der Waals surface area contributed by atoms with Gasteiger partial charge in [-0.25, -0.2) is 9.18 Å². The maximum absolute atomic E-state index is 13.6. The smallest absolute Gasteiger partial charge is 0.411 e. The zero-order chi connectivity index (χ0) is 16.2. The van der Waals surface area contributed by atoms with Crippen molar-refractivity contribution in [3.63, 3.8) is 0 Å². The average Bonchev–Trinajstić information content (AvgIpc) is 2.92. The van der Waals surface area contributed by atoms with E-state index < -0.39 is 24.9 Å². The van der Waals surface area contributed by atoms with Crippen molar-refractivity contribution in [3.05, 3.63) is 65.7 Å². The predicted octanol–water partition coefficient (Wildman–Crippen LogP) is 4.44. The summed E-state index contributed by atoms with van der Waals surface area (Å²) < 4.78 is 19.1. The van der Waals surface area contributed by atoms with Crippen LogP contribution in [0, 0.1) is 0 Å². The number of hydrogen-bond acceptors (Lipinski definition) is 3. The number of carbonyl (C=O) groups is 1. The Bertz CT molecular complexity index is 662. The third-order valence-electron chi connectivity index (χ3n) is 4.01.